The number of amides is 1. The zero-order chi connectivity index (χ0) is 36.8. The number of fused-ring (bicyclic) bond motifs is 1. The number of benzene rings is 3. The minimum Gasteiger partial charge on any atom is -0.497 e. The number of nitrogens with one attached hydrogen (secondary N) is 1. The largest absolute Gasteiger partial charge is 0.497 e. The number of carbonyl (C=O) groups excluding carboxylic acids is 1. The third-order valence-electron chi connectivity index (χ3n) is 11.0. The Labute approximate surface area is 311 Å². The number of nitrogens with zero attached hydrogens (tertiary/aromatic N) is 5. The summed E-state index contributed by atoms with van der Waals surface area (Å²) in [5.74, 6) is 3.62. The number of H-pyrrole nitrogens is 1. The standard InChI is InChI=1S/C42H50N6O5/c1-50-34-13-11-30(12-14-34)26-42(18-23-47(40(42)49)28-32-24-37(51-2)39(53-4)38(25-32)52-3)17-22-46-20-15-33(16-21-46)48(29-31-8-7-19-43-27-31)41-44-35-9-5-6-10-36(35)45-41/h5-14,19,24-25,27,33H,15-18,20-23,26,28-29H2,1-4H3,(H,44,45). The topological polar surface area (TPSA) is 105 Å². The smallest absolute Gasteiger partial charge is 0.229 e. The summed E-state index contributed by atoms with van der Waals surface area (Å²) >= 11 is 0. The summed E-state index contributed by atoms with van der Waals surface area (Å²) in [6, 6.07) is 24.7. The Balaban J connectivity index is 1.06. The van der Waals surface area contributed by atoms with Crippen LogP contribution >= 0.6 is 0 Å². The van der Waals surface area contributed by atoms with E-state index in [9.17, 15) is 4.79 Å². The molecular formula is C42H50N6O5. The zero-order valence-electron chi connectivity index (χ0n) is 31.2. The van der Waals surface area contributed by atoms with Gasteiger partial charge in [-0.3, -0.25) is 9.78 Å². The van der Waals surface area contributed by atoms with Crippen LogP contribution in [-0.4, -0.2) is 91.3 Å². The second-order valence-electron chi connectivity index (χ2n) is 14.2. The normalized spacial score (nSPS) is 18.0. The maximum Gasteiger partial charge on any atom is 0.229 e. The minimum atomic E-state index is -0.507. The van der Waals surface area contributed by atoms with Crippen molar-refractivity contribution in [3.63, 3.8) is 0 Å². The zero-order valence-corrected chi connectivity index (χ0v) is 31.2. The van der Waals surface area contributed by atoms with Crippen molar-refractivity contribution in [2.75, 3.05) is 59.5 Å². The average Bonchev–Trinajstić information content (AvgIpc) is 3.77. The van der Waals surface area contributed by atoms with Gasteiger partial charge in [-0.2, -0.15) is 0 Å². The molecule has 1 atom stereocenters. The molecule has 11 nitrogen and oxygen atoms in total. The van der Waals surface area contributed by atoms with Crippen LogP contribution in [0, 0.1) is 5.41 Å². The van der Waals surface area contributed by atoms with E-state index in [-0.39, 0.29) is 5.91 Å². The summed E-state index contributed by atoms with van der Waals surface area (Å²) in [6.07, 6.45) is 8.03. The van der Waals surface area contributed by atoms with Gasteiger partial charge in [-0.05, 0) is 97.8 Å². The average molecular weight is 719 g/mol. The van der Waals surface area contributed by atoms with Gasteiger partial charge in [0.15, 0.2) is 11.5 Å². The molecule has 2 aliphatic rings. The van der Waals surface area contributed by atoms with Crippen molar-refractivity contribution in [2.24, 2.45) is 5.41 Å². The first-order valence-electron chi connectivity index (χ1n) is 18.5. The maximum absolute atomic E-state index is 14.6. The number of piperidine rings is 1. The molecule has 278 valence electrons. The third-order valence-corrected chi connectivity index (χ3v) is 11.0. The van der Waals surface area contributed by atoms with E-state index < -0.39 is 5.41 Å². The van der Waals surface area contributed by atoms with Gasteiger partial charge in [0.1, 0.15) is 5.75 Å². The number of aromatic nitrogens is 3. The molecule has 0 radical (unpaired) electrons. The monoisotopic (exact) mass is 718 g/mol. The number of ether oxygens (including phenoxy) is 4. The number of methoxy groups -OCH3 is 4. The van der Waals surface area contributed by atoms with Crippen LogP contribution in [0.15, 0.2) is 85.2 Å². The summed E-state index contributed by atoms with van der Waals surface area (Å²) < 4.78 is 22.2. The molecule has 7 rings (SSSR count). The Bertz CT molecular complexity index is 1920. The summed E-state index contributed by atoms with van der Waals surface area (Å²) in [5, 5.41) is 0. The maximum atomic E-state index is 14.6. The summed E-state index contributed by atoms with van der Waals surface area (Å²) in [5.41, 5.74) is 4.75. The highest BCUT2D eigenvalue weighted by Crippen LogP contribution is 2.42. The number of pyridine rings is 1. The molecule has 53 heavy (non-hydrogen) atoms. The highest BCUT2D eigenvalue weighted by Gasteiger charge is 2.46. The van der Waals surface area contributed by atoms with Crippen molar-refractivity contribution >= 4 is 22.9 Å². The molecule has 2 aromatic heterocycles. The number of imidazole rings is 1. The van der Waals surface area contributed by atoms with E-state index in [0.717, 1.165) is 91.3 Å². The van der Waals surface area contributed by atoms with Crippen molar-refractivity contribution < 1.29 is 23.7 Å². The van der Waals surface area contributed by atoms with Crippen molar-refractivity contribution in [1.29, 1.82) is 0 Å². The Hall–Kier alpha value is -5.29. The van der Waals surface area contributed by atoms with Crippen LogP contribution in [0.2, 0.25) is 0 Å². The van der Waals surface area contributed by atoms with Crippen LogP contribution < -0.4 is 23.8 Å². The third kappa shape index (κ3) is 7.90. The van der Waals surface area contributed by atoms with Crippen LogP contribution in [0.3, 0.4) is 0 Å². The van der Waals surface area contributed by atoms with Gasteiger partial charge < -0.3 is 38.6 Å². The van der Waals surface area contributed by atoms with E-state index in [2.05, 4.69) is 50.1 Å². The van der Waals surface area contributed by atoms with Crippen LogP contribution in [0.25, 0.3) is 11.0 Å². The van der Waals surface area contributed by atoms with Gasteiger partial charge in [-0.15, -0.1) is 0 Å². The Kier molecular flexibility index (Phi) is 11.0. The first-order valence-corrected chi connectivity index (χ1v) is 18.5. The summed E-state index contributed by atoms with van der Waals surface area (Å²) in [4.78, 5) is 34.5. The number of aromatic amines is 1. The number of hydrogen-bond acceptors (Lipinski definition) is 9. The Morgan fingerprint density at radius 2 is 1.60 bits per heavy atom. The van der Waals surface area contributed by atoms with Gasteiger partial charge >= 0.3 is 0 Å². The summed E-state index contributed by atoms with van der Waals surface area (Å²) in [6.45, 7) is 4.67. The molecule has 0 spiro atoms. The van der Waals surface area contributed by atoms with Crippen molar-refractivity contribution in [1.82, 2.24) is 24.8 Å². The fraction of sp³-hybridized carbons (Fsp3) is 0.405. The molecule has 0 saturated carbocycles. The molecule has 5 aromatic rings. The van der Waals surface area contributed by atoms with E-state index >= 15 is 0 Å². The van der Waals surface area contributed by atoms with Crippen molar-refractivity contribution in [3.8, 4) is 23.0 Å². The molecule has 1 amide bonds. The van der Waals surface area contributed by atoms with E-state index in [1.807, 2.05) is 59.8 Å². The predicted octanol–water partition coefficient (Wildman–Crippen LogP) is 6.52. The van der Waals surface area contributed by atoms with Crippen LogP contribution in [0.5, 0.6) is 23.0 Å². The molecule has 1 unspecified atom stereocenters. The lowest BCUT2D eigenvalue weighted by molar-refractivity contribution is -0.137. The van der Waals surface area contributed by atoms with E-state index in [1.54, 1.807) is 28.4 Å². The van der Waals surface area contributed by atoms with Crippen molar-refractivity contribution in [3.05, 3.63) is 102 Å². The Morgan fingerprint density at radius 1 is 0.849 bits per heavy atom. The summed E-state index contributed by atoms with van der Waals surface area (Å²) in [7, 11) is 6.50. The fourth-order valence-corrected chi connectivity index (χ4v) is 8.08. The molecule has 3 aromatic carbocycles. The molecule has 0 bridgehead atoms. The molecule has 2 aliphatic heterocycles. The first kappa shape index (κ1) is 36.1. The van der Waals surface area contributed by atoms with E-state index in [1.165, 1.54) is 0 Å². The van der Waals surface area contributed by atoms with E-state index in [0.29, 0.717) is 42.8 Å². The van der Waals surface area contributed by atoms with Crippen LogP contribution in [-0.2, 0) is 24.3 Å². The van der Waals surface area contributed by atoms with Crippen molar-refractivity contribution in [2.45, 2.75) is 51.2 Å². The number of anilines is 1. The molecule has 2 saturated heterocycles. The lowest BCUT2D eigenvalue weighted by Crippen LogP contribution is -2.46. The number of rotatable bonds is 15. The molecule has 11 heteroatoms. The minimum absolute atomic E-state index is 0.199. The number of likely N-dealkylation sites (tertiary alicyclic amines) is 2. The second-order valence-corrected chi connectivity index (χ2v) is 14.2. The number of para-hydroxylation sites is 2. The molecular weight excluding hydrogens is 668 g/mol. The van der Waals surface area contributed by atoms with E-state index in [4.69, 9.17) is 23.9 Å². The predicted molar refractivity (Wildman–Crippen MR) is 206 cm³/mol. The first-order chi connectivity index (χ1) is 25.9. The SMILES string of the molecule is COc1ccc(CC2(CCN3CCC(N(Cc4cccnc4)c4nc5ccccc5[nH]4)CC3)CCN(Cc3cc(OC)c(OC)c(OC)c3)C2=O)cc1. The molecule has 4 heterocycles. The number of carbonyl (C=O) groups is 1. The fourth-order valence-electron chi connectivity index (χ4n) is 8.08. The number of hydrogen-bond donors (Lipinski definition) is 1. The van der Waals surface area contributed by atoms with Gasteiger partial charge in [0.05, 0.1) is 44.9 Å². The second kappa shape index (κ2) is 16.2. The molecule has 1 N–H and O–H groups in total. The van der Waals surface area contributed by atoms with Gasteiger partial charge in [-0.1, -0.05) is 30.3 Å². The van der Waals surface area contributed by atoms with Crippen LogP contribution in [0.1, 0.15) is 42.4 Å². The Morgan fingerprint density at radius 3 is 2.26 bits per heavy atom. The molecule has 2 fully saturated rings. The van der Waals surface area contributed by atoms with Gasteiger partial charge in [0.25, 0.3) is 0 Å². The van der Waals surface area contributed by atoms with Gasteiger partial charge in [0.2, 0.25) is 17.6 Å². The highest BCUT2D eigenvalue weighted by molar-refractivity contribution is 5.85. The molecule has 0 aliphatic carbocycles. The van der Waals surface area contributed by atoms with Gasteiger partial charge in [0, 0.05) is 51.2 Å². The lowest BCUT2D eigenvalue weighted by atomic mass is 9.77. The lowest BCUT2D eigenvalue weighted by Gasteiger charge is -2.39. The van der Waals surface area contributed by atoms with Crippen LogP contribution in [0.4, 0.5) is 5.95 Å². The van der Waals surface area contributed by atoms with Gasteiger partial charge in [-0.25, -0.2) is 4.98 Å². The highest BCUT2D eigenvalue weighted by atomic mass is 16.5. The quantitative estimate of drug-likeness (QED) is 0.130.